The van der Waals surface area contributed by atoms with Crippen molar-refractivity contribution in [1.29, 1.82) is 0 Å². The molecule has 0 heterocycles. The molecule has 58 heavy (non-hydrogen) atoms. The number of hydrogen-bond donors (Lipinski definition) is 1. The summed E-state index contributed by atoms with van der Waals surface area (Å²) in [6.07, 6.45) is 11.1. The van der Waals surface area contributed by atoms with Crippen molar-refractivity contribution in [1.82, 2.24) is 4.90 Å². The summed E-state index contributed by atoms with van der Waals surface area (Å²) in [6, 6.07) is 7.85. The van der Waals surface area contributed by atoms with E-state index in [2.05, 4.69) is 73.4 Å². The lowest BCUT2D eigenvalue weighted by Crippen LogP contribution is -2.68. The third-order valence-electron chi connectivity index (χ3n) is 17.6. The average molecular weight is 815 g/mol. The molecule has 0 saturated heterocycles. The lowest BCUT2D eigenvalue weighted by atomic mass is 9.30. The highest BCUT2D eigenvalue weighted by atomic mass is 35.5. The number of carbonyl (C=O) groups is 3. The molecule has 0 amide bonds. The standard InChI is InChI=1S/C51H72ClNO5/c1-31(2)42-37(55)30-51(40(28-33(4)54)53(14)32(3)27-35-15-17-36(52)18-16-35)26-25-50(13)48(11)23-19-38-46(8,9)41(58-34(5)29-45(6,7)44(56)57)21-22-47(38,10)39(48)20-24-49(50,12)43(42)51/h15-18,28,31,38-39,41H,3,5,19-27,29-30H2,1-2,4,6-14H3,(H,56,57)/b40-28-/t38-,39+,41-,47-,48+,49+,50-,51-/m0/s1. The van der Waals surface area contributed by atoms with E-state index in [9.17, 15) is 19.5 Å². The van der Waals surface area contributed by atoms with Crippen LogP contribution in [0.15, 0.2) is 71.8 Å². The number of likely N-dealkylation sites (N-methyl/N-ethyl adjacent to an activating group) is 1. The van der Waals surface area contributed by atoms with Gasteiger partial charge in [0.2, 0.25) is 0 Å². The molecule has 8 atom stereocenters. The average Bonchev–Trinajstić information content (AvgIpc) is 3.44. The van der Waals surface area contributed by atoms with Crippen LogP contribution in [0.3, 0.4) is 0 Å². The Morgan fingerprint density at radius 3 is 2.17 bits per heavy atom. The zero-order valence-electron chi connectivity index (χ0n) is 37.8. The smallest absolute Gasteiger partial charge is 0.309 e. The van der Waals surface area contributed by atoms with Crippen molar-refractivity contribution in [3.8, 4) is 0 Å². The van der Waals surface area contributed by atoms with Crippen molar-refractivity contribution in [2.45, 2.75) is 153 Å². The summed E-state index contributed by atoms with van der Waals surface area (Å²) in [5.41, 5.74) is 3.31. The number of carboxylic acids is 1. The number of aliphatic carboxylic acids is 1. The first-order valence-corrected chi connectivity index (χ1v) is 22.3. The van der Waals surface area contributed by atoms with Crippen LogP contribution in [0.1, 0.15) is 146 Å². The Morgan fingerprint density at radius 1 is 0.966 bits per heavy atom. The molecule has 0 unspecified atom stereocenters. The van der Waals surface area contributed by atoms with Gasteiger partial charge in [0.1, 0.15) is 6.10 Å². The maximum absolute atomic E-state index is 14.6. The Labute approximate surface area is 355 Å². The van der Waals surface area contributed by atoms with E-state index < -0.39 is 16.8 Å². The summed E-state index contributed by atoms with van der Waals surface area (Å²) in [6.45, 7) is 33.3. The van der Waals surface area contributed by atoms with Gasteiger partial charge in [0.15, 0.2) is 11.6 Å². The second-order valence-electron chi connectivity index (χ2n) is 21.8. The molecule has 0 aromatic heterocycles. The fraction of sp³-hybridized carbons (Fsp3) is 0.667. The van der Waals surface area contributed by atoms with Crippen molar-refractivity contribution in [2.75, 3.05) is 7.05 Å². The Bertz CT molecular complexity index is 1950. The molecule has 4 fully saturated rings. The van der Waals surface area contributed by atoms with Gasteiger partial charge in [-0.1, -0.05) is 92.3 Å². The SMILES string of the molecule is C=C(CC(C)(C)C(=O)O)O[C@H]1CC[C@]2(C)[C@H]3CC[C@]4(C)C5=C(C(C)C)C(=O)C[C@]5(/C(=C/C(C)=O)N(C)C(=C)Cc5ccc(Cl)cc5)CC[C@@]4(C)[C@]3(C)CC[C@H]2C1(C)C. The summed E-state index contributed by atoms with van der Waals surface area (Å²) < 4.78 is 6.66. The van der Waals surface area contributed by atoms with Gasteiger partial charge >= 0.3 is 5.97 Å². The van der Waals surface area contributed by atoms with Gasteiger partial charge in [-0.25, -0.2) is 0 Å². The summed E-state index contributed by atoms with van der Waals surface area (Å²) >= 11 is 6.23. The first-order valence-electron chi connectivity index (χ1n) is 22.0. The number of allylic oxidation sites excluding steroid dienone is 5. The Kier molecular flexibility index (Phi) is 11.3. The van der Waals surface area contributed by atoms with Gasteiger partial charge in [0, 0.05) is 59.6 Å². The summed E-state index contributed by atoms with van der Waals surface area (Å²) in [5.74, 6) is 0.946. The second kappa shape index (κ2) is 14.8. The van der Waals surface area contributed by atoms with E-state index in [1.807, 2.05) is 37.4 Å². The number of ether oxygens (including phenoxy) is 1. The number of fused-ring (bicyclic) bond motifs is 7. The van der Waals surface area contributed by atoms with Gasteiger partial charge in [0.25, 0.3) is 0 Å². The third-order valence-corrected chi connectivity index (χ3v) is 17.9. The number of nitrogens with zero attached hydrogens (tertiary/aromatic N) is 1. The highest BCUT2D eigenvalue weighted by molar-refractivity contribution is 6.30. The molecule has 0 spiro atoms. The molecule has 0 radical (unpaired) electrons. The molecule has 5 aliphatic rings. The van der Waals surface area contributed by atoms with Gasteiger partial charge in [-0.15, -0.1) is 0 Å². The molecule has 4 saturated carbocycles. The summed E-state index contributed by atoms with van der Waals surface area (Å²) in [5, 5.41) is 10.5. The quantitative estimate of drug-likeness (QED) is 0.167. The molecule has 0 aliphatic heterocycles. The van der Waals surface area contributed by atoms with Gasteiger partial charge in [0.05, 0.1) is 11.2 Å². The van der Waals surface area contributed by atoms with Crippen LogP contribution in [0.25, 0.3) is 0 Å². The van der Waals surface area contributed by atoms with Gasteiger partial charge in [-0.05, 0) is 140 Å². The van der Waals surface area contributed by atoms with Crippen molar-refractivity contribution in [3.63, 3.8) is 0 Å². The molecule has 0 bridgehead atoms. The van der Waals surface area contributed by atoms with Crippen LogP contribution in [0.4, 0.5) is 0 Å². The predicted octanol–water partition coefficient (Wildman–Crippen LogP) is 12.6. The van der Waals surface area contributed by atoms with Crippen LogP contribution in [0.2, 0.25) is 5.02 Å². The van der Waals surface area contributed by atoms with E-state index in [-0.39, 0.29) is 50.7 Å². The maximum atomic E-state index is 14.6. The van der Waals surface area contributed by atoms with Crippen LogP contribution in [0, 0.1) is 55.7 Å². The largest absolute Gasteiger partial charge is 0.495 e. The number of benzene rings is 1. The normalized spacial score (nSPS) is 35.7. The Hall–Kier alpha value is -3.12. The van der Waals surface area contributed by atoms with Crippen LogP contribution in [-0.2, 0) is 25.5 Å². The first-order chi connectivity index (χ1) is 26.7. The van der Waals surface area contributed by atoms with Crippen molar-refractivity contribution >= 4 is 29.1 Å². The molecule has 6 nitrogen and oxygen atoms in total. The summed E-state index contributed by atoms with van der Waals surface area (Å²) in [7, 11) is 2.04. The molecule has 1 N–H and O–H groups in total. The fourth-order valence-electron chi connectivity index (χ4n) is 14.3. The zero-order valence-corrected chi connectivity index (χ0v) is 38.5. The van der Waals surface area contributed by atoms with Crippen LogP contribution >= 0.6 is 11.6 Å². The van der Waals surface area contributed by atoms with Crippen LogP contribution < -0.4 is 0 Å². The van der Waals surface area contributed by atoms with Crippen molar-refractivity contribution in [2.24, 2.45) is 55.7 Å². The van der Waals surface area contributed by atoms with E-state index >= 15 is 0 Å². The van der Waals surface area contributed by atoms with E-state index in [0.29, 0.717) is 41.9 Å². The molecule has 7 heteroatoms. The van der Waals surface area contributed by atoms with Crippen LogP contribution in [-0.4, -0.2) is 40.7 Å². The number of carboxylic acid groups (broad SMARTS) is 1. The molecule has 1 aromatic carbocycles. The lowest BCUT2D eigenvalue weighted by molar-refractivity contribution is -0.247. The number of ketones is 2. The molecule has 1 aromatic rings. The van der Waals surface area contributed by atoms with Crippen LogP contribution in [0.5, 0.6) is 0 Å². The van der Waals surface area contributed by atoms with E-state index in [4.69, 9.17) is 16.3 Å². The number of hydrogen-bond acceptors (Lipinski definition) is 5. The monoisotopic (exact) mass is 814 g/mol. The fourth-order valence-corrected chi connectivity index (χ4v) is 14.5. The van der Waals surface area contributed by atoms with E-state index in [0.717, 1.165) is 73.9 Å². The molecular formula is C51H72ClNO5. The highest BCUT2D eigenvalue weighted by Crippen LogP contribution is 2.81. The molecular weight excluding hydrogens is 742 g/mol. The second-order valence-corrected chi connectivity index (χ2v) is 22.3. The molecule has 318 valence electrons. The minimum Gasteiger partial charge on any atom is -0.495 e. The third kappa shape index (κ3) is 6.69. The first kappa shape index (κ1) is 44.4. The minimum absolute atomic E-state index is 0.0166. The highest BCUT2D eigenvalue weighted by Gasteiger charge is 2.74. The number of Topliss-reactive ketones (excluding diaryl/α,β-unsaturated/α-hetero) is 1. The minimum atomic E-state index is -0.933. The van der Waals surface area contributed by atoms with Crippen molar-refractivity contribution in [3.05, 3.63) is 82.4 Å². The number of rotatable bonds is 12. The lowest BCUT2D eigenvalue weighted by Gasteiger charge is -2.75. The Balaban J connectivity index is 1.38. The molecule has 6 rings (SSSR count). The number of halogens is 1. The zero-order chi connectivity index (χ0) is 43.2. The maximum Gasteiger partial charge on any atom is 0.309 e. The van der Waals surface area contributed by atoms with Gasteiger partial charge in [-0.3, -0.25) is 14.4 Å². The predicted molar refractivity (Wildman–Crippen MR) is 235 cm³/mol. The van der Waals surface area contributed by atoms with E-state index in [1.54, 1.807) is 20.8 Å². The number of carbonyl (C=O) groups excluding carboxylic acids is 2. The van der Waals surface area contributed by atoms with E-state index in [1.165, 1.54) is 5.57 Å². The van der Waals surface area contributed by atoms with Gasteiger partial charge in [-0.2, -0.15) is 0 Å². The summed E-state index contributed by atoms with van der Waals surface area (Å²) in [4.78, 5) is 42.0. The van der Waals surface area contributed by atoms with Gasteiger partial charge < -0.3 is 14.7 Å². The molecule has 5 aliphatic carbocycles. The van der Waals surface area contributed by atoms with Crippen molar-refractivity contribution < 1.29 is 24.2 Å². The topological polar surface area (TPSA) is 83.9 Å². The Morgan fingerprint density at radius 2 is 1.59 bits per heavy atom.